The van der Waals surface area contributed by atoms with Crippen molar-refractivity contribution in [1.82, 2.24) is 10.6 Å². The highest BCUT2D eigenvalue weighted by Gasteiger charge is 2.00. The lowest BCUT2D eigenvalue weighted by atomic mass is 10.2. The van der Waals surface area contributed by atoms with Gasteiger partial charge in [0, 0.05) is 20.1 Å². The third kappa shape index (κ3) is 7.90. The maximum absolute atomic E-state index is 12.8. The Labute approximate surface area is 171 Å². The number of benzene rings is 2. The number of hydrogen-bond acceptors (Lipinski definition) is 3. The predicted octanol–water partition coefficient (Wildman–Crippen LogP) is 3.59. The molecule has 5 nitrogen and oxygen atoms in total. The number of hydrogen-bond donors (Lipinski definition) is 2. The van der Waals surface area contributed by atoms with Gasteiger partial charge in [-0.15, -0.1) is 24.0 Å². The Bertz CT molecular complexity index is 681. The Hall–Kier alpha value is -2.03. The number of ether oxygens (including phenoxy) is 2. The third-order valence-electron chi connectivity index (χ3n) is 3.51. The van der Waals surface area contributed by atoms with Gasteiger partial charge in [-0.25, -0.2) is 4.39 Å². The molecule has 0 atom stereocenters. The van der Waals surface area contributed by atoms with Crippen molar-refractivity contribution in [1.29, 1.82) is 0 Å². The van der Waals surface area contributed by atoms with Gasteiger partial charge in [0.25, 0.3) is 0 Å². The molecule has 0 saturated heterocycles. The Morgan fingerprint density at radius 1 is 1.08 bits per heavy atom. The monoisotopic (exact) mass is 473 g/mol. The molecule has 2 aromatic carbocycles. The van der Waals surface area contributed by atoms with Crippen molar-refractivity contribution in [3.8, 4) is 11.5 Å². The Kier molecular flexibility index (Phi) is 10.5. The molecule has 2 N–H and O–H groups in total. The van der Waals surface area contributed by atoms with E-state index in [9.17, 15) is 4.39 Å². The van der Waals surface area contributed by atoms with Gasteiger partial charge in [0.2, 0.25) is 0 Å². The molecule has 0 radical (unpaired) electrons. The molecule has 0 bridgehead atoms. The molecule has 2 aromatic rings. The van der Waals surface area contributed by atoms with Crippen molar-refractivity contribution in [2.75, 3.05) is 27.3 Å². The summed E-state index contributed by atoms with van der Waals surface area (Å²) in [5, 5.41) is 6.48. The van der Waals surface area contributed by atoms with E-state index in [1.807, 2.05) is 24.3 Å². The number of halogens is 2. The second kappa shape index (κ2) is 12.3. The average Bonchev–Trinajstić information content (AvgIpc) is 2.65. The number of guanidine groups is 1. The van der Waals surface area contributed by atoms with E-state index in [4.69, 9.17) is 9.47 Å². The molecule has 0 aliphatic heterocycles. The van der Waals surface area contributed by atoms with Crippen LogP contribution in [0.4, 0.5) is 4.39 Å². The summed E-state index contributed by atoms with van der Waals surface area (Å²) in [6.07, 6.45) is 0.803. The summed E-state index contributed by atoms with van der Waals surface area (Å²) in [5.41, 5.74) is 1.11. The SMILES string of the molecule is CN=C(NCCCOc1ccc(F)cc1)NCc1cccc(OC)c1.I. The van der Waals surface area contributed by atoms with E-state index in [1.165, 1.54) is 12.1 Å². The van der Waals surface area contributed by atoms with Crippen LogP contribution in [0.5, 0.6) is 11.5 Å². The van der Waals surface area contributed by atoms with Crippen LogP contribution >= 0.6 is 24.0 Å². The van der Waals surface area contributed by atoms with Crippen molar-refractivity contribution in [2.45, 2.75) is 13.0 Å². The molecule has 0 heterocycles. The lowest BCUT2D eigenvalue weighted by Crippen LogP contribution is -2.37. The first kappa shape index (κ1) is 22.0. The minimum absolute atomic E-state index is 0. The summed E-state index contributed by atoms with van der Waals surface area (Å²) in [6.45, 7) is 1.92. The van der Waals surface area contributed by atoms with E-state index in [0.717, 1.165) is 30.2 Å². The summed E-state index contributed by atoms with van der Waals surface area (Å²) in [5.74, 6) is 1.96. The topological polar surface area (TPSA) is 54.9 Å². The minimum atomic E-state index is -0.264. The molecular weight excluding hydrogens is 448 g/mol. The Balaban J connectivity index is 0.00000338. The molecule has 0 fully saturated rings. The fourth-order valence-electron chi connectivity index (χ4n) is 2.19. The summed E-state index contributed by atoms with van der Waals surface area (Å²) in [6, 6.07) is 13.9. The van der Waals surface area contributed by atoms with Crippen molar-refractivity contribution in [3.05, 3.63) is 59.9 Å². The zero-order chi connectivity index (χ0) is 17.9. The molecule has 142 valence electrons. The van der Waals surface area contributed by atoms with Crippen molar-refractivity contribution < 1.29 is 13.9 Å². The van der Waals surface area contributed by atoms with E-state index in [0.29, 0.717) is 18.9 Å². The predicted molar refractivity (Wildman–Crippen MR) is 113 cm³/mol. The number of rotatable bonds is 8. The van der Waals surface area contributed by atoms with Gasteiger partial charge < -0.3 is 20.1 Å². The molecule has 0 unspecified atom stereocenters. The molecule has 0 amide bonds. The minimum Gasteiger partial charge on any atom is -0.497 e. The fraction of sp³-hybridized carbons (Fsp3) is 0.316. The number of aliphatic imine (C=N–C) groups is 1. The van der Waals surface area contributed by atoms with Crippen LogP contribution in [0.15, 0.2) is 53.5 Å². The zero-order valence-corrected chi connectivity index (χ0v) is 17.3. The highest BCUT2D eigenvalue weighted by molar-refractivity contribution is 14.0. The van der Waals surface area contributed by atoms with E-state index >= 15 is 0 Å². The largest absolute Gasteiger partial charge is 0.497 e. The first-order valence-electron chi connectivity index (χ1n) is 8.17. The van der Waals surface area contributed by atoms with Crippen LogP contribution in [-0.4, -0.2) is 33.3 Å². The van der Waals surface area contributed by atoms with Crippen LogP contribution in [0, 0.1) is 5.82 Å². The molecule has 0 aliphatic rings. The van der Waals surface area contributed by atoms with Gasteiger partial charge in [0.1, 0.15) is 17.3 Å². The Morgan fingerprint density at radius 2 is 1.85 bits per heavy atom. The summed E-state index contributed by atoms with van der Waals surface area (Å²) in [7, 11) is 3.39. The zero-order valence-electron chi connectivity index (χ0n) is 15.0. The van der Waals surface area contributed by atoms with Gasteiger partial charge in [-0.1, -0.05) is 12.1 Å². The van der Waals surface area contributed by atoms with Gasteiger partial charge in [0.05, 0.1) is 13.7 Å². The highest BCUT2D eigenvalue weighted by Crippen LogP contribution is 2.12. The highest BCUT2D eigenvalue weighted by atomic mass is 127. The van der Waals surface area contributed by atoms with Gasteiger partial charge in [0.15, 0.2) is 5.96 Å². The quantitative estimate of drug-likeness (QED) is 0.267. The van der Waals surface area contributed by atoms with E-state index in [1.54, 1.807) is 26.3 Å². The molecule has 7 heteroatoms. The fourth-order valence-corrected chi connectivity index (χ4v) is 2.19. The van der Waals surface area contributed by atoms with Gasteiger partial charge in [-0.05, 0) is 48.4 Å². The lowest BCUT2D eigenvalue weighted by molar-refractivity contribution is 0.310. The Morgan fingerprint density at radius 3 is 2.54 bits per heavy atom. The van der Waals surface area contributed by atoms with Crippen LogP contribution in [0.25, 0.3) is 0 Å². The van der Waals surface area contributed by atoms with E-state index in [-0.39, 0.29) is 29.8 Å². The van der Waals surface area contributed by atoms with Crippen LogP contribution in [0.1, 0.15) is 12.0 Å². The van der Waals surface area contributed by atoms with Crippen LogP contribution in [0.3, 0.4) is 0 Å². The van der Waals surface area contributed by atoms with Gasteiger partial charge in [-0.3, -0.25) is 4.99 Å². The normalized spacial score (nSPS) is 10.7. The average molecular weight is 473 g/mol. The van der Waals surface area contributed by atoms with Crippen molar-refractivity contribution in [3.63, 3.8) is 0 Å². The second-order valence-corrected chi connectivity index (χ2v) is 5.36. The van der Waals surface area contributed by atoms with Crippen LogP contribution in [-0.2, 0) is 6.54 Å². The summed E-state index contributed by atoms with van der Waals surface area (Å²) < 4.78 is 23.6. The van der Waals surface area contributed by atoms with Crippen LogP contribution < -0.4 is 20.1 Å². The lowest BCUT2D eigenvalue weighted by Gasteiger charge is -2.12. The summed E-state index contributed by atoms with van der Waals surface area (Å²) >= 11 is 0. The molecule has 0 aliphatic carbocycles. The number of nitrogens with zero attached hydrogens (tertiary/aromatic N) is 1. The van der Waals surface area contributed by atoms with Crippen LogP contribution in [0.2, 0.25) is 0 Å². The van der Waals surface area contributed by atoms with Gasteiger partial charge in [-0.2, -0.15) is 0 Å². The maximum atomic E-state index is 12.8. The molecule has 26 heavy (non-hydrogen) atoms. The van der Waals surface area contributed by atoms with Gasteiger partial charge >= 0.3 is 0 Å². The third-order valence-corrected chi connectivity index (χ3v) is 3.51. The molecule has 0 aromatic heterocycles. The maximum Gasteiger partial charge on any atom is 0.191 e. The van der Waals surface area contributed by atoms with Crippen molar-refractivity contribution >= 4 is 29.9 Å². The number of nitrogens with one attached hydrogen (secondary N) is 2. The summed E-state index contributed by atoms with van der Waals surface area (Å²) in [4.78, 5) is 4.19. The first-order valence-corrected chi connectivity index (χ1v) is 8.17. The molecule has 0 spiro atoms. The van der Waals surface area contributed by atoms with E-state index in [2.05, 4.69) is 15.6 Å². The second-order valence-electron chi connectivity index (χ2n) is 5.36. The number of methoxy groups -OCH3 is 1. The molecule has 0 saturated carbocycles. The standard InChI is InChI=1S/C19H24FN3O2.HI/c1-21-19(23-14-15-5-3-6-18(13-15)24-2)22-11-4-12-25-17-9-7-16(20)8-10-17;/h3,5-10,13H,4,11-12,14H2,1-2H3,(H2,21,22,23);1H. The van der Waals surface area contributed by atoms with E-state index < -0.39 is 0 Å². The first-order chi connectivity index (χ1) is 12.2. The molecule has 2 rings (SSSR count). The van der Waals surface area contributed by atoms with Crippen molar-refractivity contribution in [2.24, 2.45) is 4.99 Å². The smallest absolute Gasteiger partial charge is 0.191 e. The molecular formula is C19H25FIN3O2.